The fraction of sp³-hybridized carbons (Fsp3) is 0.143. The van der Waals surface area contributed by atoms with Gasteiger partial charge >= 0.3 is 5.97 Å². The van der Waals surface area contributed by atoms with Crippen molar-refractivity contribution in [2.24, 2.45) is 0 Å². The predicted octanol–water partition coefficient (Wildman–Crippen LogP) is 2.01. The molecular weight excluding hydrogens is 246 g/mol. The largest absolute Gasteiger partial charge is 0.479 e. The van der Waals surface area contributed by atoms with Crippen molar-refractivity contribution in [3.63, 3.8) is 0 Å². The maximum atomic E-state index is 12.0. The first-order valence-corrected chi connectivity index (χ1v) is 5.67. The van der Waals surface area contributed by atoms with Gasteiger partial charge in [-0.25, -0.2) is 4.79 Å². The molecule has 1 atom stereocenters. The molecule has 0 aliphatic carbocycles. The van der Waals surface area contributed by atoms with Gasteiger partial charge in [-0.1, -0.05) is 30.3 Å². The van der Waals surface area contributed by atoms with E-state index in [1.165, 1.54) is 25.5 Å². The first kappa shape index (κ1) is 12.9. The number of aliphatic carboxylic acids is 1. The zero-order chi connectivity index (χ0) is 13.9. The van der Waals surface area contributed by atoms with Gasteiger partial charge in [0.15, 0.2) is 5.54 Å². The monoisotopic (exact) mass is 259 g/mol. The van der Waals surface area contributed by atoms with Gasteiger partial charge in [0.25, 0.3) is 5.91 Å². The summed E-state index contributed by atoms with van der Waals surface area (Å²) in [5.74, 6) is -1.63. The number of hydrogen-bond acceptors (Lipinski definition) is 3. The number of carbonyl (C=O) groups is 2. The summed E-state index contributed by atoms with van der Waals surface area (Å²) in [6, 6.07) is 10.0. The minimum Gasteiger partial charge on any atom is -0.479 e. The lowest BCUT2D eigenvalue weighted by Crippen LogP contribution is -2.49. The quantitative estimate of drug-likeness (QED) is 0.880. The zero-order valence-electron chi connectivity index (χ0n) is 10.3. The van der Waals surface area contributed by atoms with Crippen molar-refractivity contribution in [2.75, 3.05) is 0 Å². The second-order valence-electron chi connectivity index (χ2n) is 4.26. The molecule has 0 saturated carbocycles. The summed E-state index contributed by atoms with van der Waals surface area (Å²) in [6.45, 7) is 1.45. The molecule has 0 radical (unpaired) electrons. The van der Waals surface area contributed by atoms with Gasteiger partial charge in [0.05, 0.1) is 11.8 Å². The summed E-state index contributed by atoms with van der Waals surface area (Å²) in [4.78, 5) is 23.5. The summed E-state index contributed by atoms with van der Waals surface area (Å²) in [6.07, 6.45) is 2.62. The third-order valence-electron chi connectivity index (χ3n) is 2.93. The molecule has 98 valence electrons. The lowest BCUT2D eigenvalue weighted by molar-refractivity contribution is -0.144. The highest BCUT2D eigenvalue weighted by Gasteiger charge is 2.37. The topological polar surface area (TPSA) is 79.5 Å². The molecule has 0 aliphatic heterocycles. The Morgan fingerprint density at radius 1 is 1.21 bits per heavy atom. The third-order valence-corrected chi connectivity index (χ3v) is 2.93. The van der Waals surface area contributed by atoms with Crippen LogP contribution in [0.5, 0.6) is 0 Å². The Balaban J connectivity index is 2.31. The van der Waals surface area contributed by atoms with Crippen LogP contribution in [-0.2, 0) is 10.3 Å². The normalized spacial score (nSPS) is 13.5. The summed E-state index contributed by atoms with van der Waals surface area (Å²) in [7, 11) is 0. The van der Waals surface area contributed by atoms with Crippen molar-refractivity contribution < 1.29 is 19.1 Å². The molecule has 5 heteroatoms. The Bertz CT molecular complexity index is 577. The first-order chi connectivity index (χ1) is 9.04. The average molecular weight is 259 g/mol. The second kappa shape index (κ2) is 4.97. The molecule has 2 aromatic rings. The zero-order valence-corrected chi connectivity index (χ0v) is 10.3. The van der Waals surface area contributed by atoms with Crippen LogP contribution in [0.2, 0.25) is 0 Å². The number of rotatable bonds is 4. The lowest BCUT2D eigenvalue weighted by atomic mass is 9.92. The summed E-state index contributed by atoms with van der Waals surface area (Å²) >= 11 is 0. The van der Waals surface area contributed by atoms with Gasteiger partial charge in [-0.15, -0.1) is 0 Å². The molecule has 0 saturated heterocycles. The third kappa shape index (κ3) is 2.49. The molecule has 2 N–H and O–H groups in total. The van der Waals surface area contributed by atoms with Crippen molar-refractivity contribution in [1.29, 1.82) is 0 Å². The minimum absolute atomic E-state index is 0.281. The fourth-order valence-corrected chi connectivity index (χ4v) is 1.71. The van der Waals surface area contributed by atoms with Crippen molar-refractivity contribution >= 4 is 11.9 Å². The van der Waals surface area contributed by atoms with Crippen molar-refractivity contribution in [1.82, 2.24) is 5.32 Å². The molecule has 1 aromatic heterocycles. The van der Waals surface area contributed by atoms with Crippen LogP contribution in [0.3, 0.4) is 0 Å². The first-order valence-electron chi connectivity index (χ1n) is 5.67. The van der Waals surface area contributed by atoms with E-state index >= 15 is 0 Å². The van der Waals surface area contributed by atoms with Gasteiger partial charge in [-0.2, -0.15) is 0 Å². The molecule has 1 heterocycles. The Labute approximate surface area is 109 Å². The van der Waals surface area contributed by atoms with E-state index < -0.39 is 17.4 Å². The van der Waals surface area contributed by atoms with Crippen molar-refractivity contribution in [3.05, 3.63) is 60.1 Å². The van der Waals surface area contributed by atoms with Crippen LogP contribution in [0.15, 0.2) is 53.3 Å². The SMILES string of the molecule is CC(NC(=O)c1ccoc1)(C(=O)O)c1ccccc1. The number of carboxylic acid groups (broad SMARTS) is 1. The number of amides is 1. The van der Waals surface area contributed by atoms with Gasteiger partial charge in [0.2, 0.25) is 0 Å². The maximum Gasteiger partial charge on any atom is 0.333 e. The molecule has 19 heavy (non-hydrogen) atoms. The van der Waals surface area contributed by atoms with Gasteiger partial charge in [-0.05, 0) is 18.6 Å². The van der Waals surface area contributed by atoms with Crippen LogP contribution in [0.1, 0.15) is 22.8 Å². The van der Waals surface area contributed by atoms with Gasteiger partial charge in [0.1, 0.15) is 6.26 Å². The number of hydrogen-bond donors (Lipinski definition) is 2. The molecule has 0 fully saturated rings. The van der Waals surface area contributed by atoms with E-state index in [-0.39, 0.29) is 5.56 Å². The fourth-order valence-electron chi connectivity index (χ4n) is 1.71. The summed E-state index contributed by atoms with van der Waals surface area (Å²) in [5, 5.41) is 11.9. The van der Waals surface area contributed by atoms with Crippen LogP contribution in [-0.4, -0.2) is 17.0 Å². The van der Waals surface area contributed by atoms with E-state index in [1.807, 2.05) is 0 Å². The summed E-state index contributed by atoms with van der Waals surface area (Å²) < 4.78 is 4.81. The molecule has 1 amide bonds. The van der Waals surface area contributed by atoms with E-state index in [0.717, 1.165) is 0 Å². The van der Waals surface area contributed by atoms with Crippen molar-refractivity contribution in [2.45, 2.75) is 12.5 Å². The highest BCUT2D eigenvalue weighted by atomic mass is 16.4. The Morgan fingerprint density at radius 2 is 1.89 bits per heavy atom. The maximum absolute atomic E-state index is 12.0. The highest BCUT2D eigenvalue weighted by Crippen LogP contribution is 2.21. The van der Waals surface area contributed by atoms with E-state index in [1.54, 1.807) is 30.3 Å². The van der Waals surface area contributed by atoms with Crippen LogP contribution >= 0.6 is 0 Å². The van der Waals surface area contributed by atoms with Gasteiger partial charge < -0.3 is 14.8 Å². The number of benzene rings is 1. The van der Waals surface area contributed by atoms with Gasteiger partial charge in [0, 0.05) is 0 Å². The van der Waals surface area contributed by atoms with E-state index in [0.29, 0.717) is 5.56 Å². The Hall–Kier alpha value is -2.56. The number of furan rings is 1. The molecule has 1 unspecified atom stereocenters. The molecular formula is C14H13NO4. The predicted molar refractivity (Wildman–Crippen MR) is 67.6 cm³/mol. The second-order valence-corrected chi connectivity index (χ2v) is 4.26. The lowest BCUT2D eigenvalue weighted by Gasteiger charge is -2.26. The summed E-state index contributed by atoms with van der Waals surface area (Å²) in [5.41, 5.74) is -0.710. The molecule has 0 aliphatic rings. The molecule has 0 bridgehead atoms. The van der Waals surface area contributed by atoms with E-state index in [4.69, 9.17) is 4.42 Å². The van der Waals surface area contributed by atoms with Crippen LogP contribution in [0.4, 0.5) is 0 Å². The number of nitrogens with one attached hydrogen (secondary N) is 1. The Kier molecular flexibility index (Phi) is 3.37. The van der Waals surface area contributed by atoms with Gasteiger partial charge in [-0.3, -0.25) is 4.79 Å². The number of carboxylic acids is 1. The van der Waals surface area contributed by atoms with Crippen molar-refractivity contribution in [3.8, 4) is 0 Å². The number of carbonyl (C=O) groups excluding carboxylic acids is 1. The molecule has 1 aromatic carbocycles. The van der Waals surface area contributed by atoms with Crippen LogP contribution in [0.25, 0.3) is 0 Å². The smallest absolute Gasteiger partial charge is 0.333 e. The molecule has 2 rings (SSSR count). The molecule has 5 nitrogen and oxygen atoms in total. The minimum atomic E-state index is -1.49. The standard InChI is InChI=1S/C14H13NO4/c1-14(13(17)18,11-5-3-2-4-6-11)15-12(16)10-7-8-19-9-10/h2-9H,1H3,(H,15,16)(H,17,18). The van der Waals surface area contributed by atoms with Crippen LogP contribution < -0.4 is 5.32 Å². The molecule has 0 spiro atoms. The highest BCUT2D eigenvalue weighted by molar-refractivity contribution is 5.97. The average Bonchev–Trinajstić information content (AvgIpc) is 2.93. The Morgan fingerprint density at radius 3 is 2.42 bits per heavy atom. The van der Waals surface area contributed by atoms with E-state index in [9.17, 15) is 14.7 Å². The van der Waals surface area contributed by atoms with Crippen LogP contribution in [0, 0.1) is 0 Å². The van der Waals surface area contributed by atoms with E-state index in [2.05, 4.69) is 5.32 Å².